The molecule has 0 aliphatic rings. The molecule has 1 aromatic carbocycles. The van der Waals surface area contributed by atoms with Gasteiger partial charge in [0.25, 0.3) is 5.69 Å². The lowest BCUT2D eigenvalue weighted by molar-refractivity contribution is -0.385. The van der Waals surface area contributed by atoms with Gasteiger partial charge in [0.2, 0.25) is 0 Å². The molecule has 0 aliphatic carbocycles. The molecular formula is C13H19BrN2O3. The molecule has 0 heterocycles. The van der Waals surface area contributed by atoms with Crippen LogP contribution in [0.2, 0.25) is 0 Å². The van der Waals surface area contributed by atoms with Crippen molar-refractivity contribution in [3.05, 3.63) is 38.3 Å². The van der Waals surface area contributed by atoms with Crippen molar-refractivity contribution in [2.75, 3.05) is 6.61 Å². The van der Waals surface area contributed by atoms with Crippen LogP contribution in [0.3, 0.4) is 0 Å². The van der Waals surface area contributed by atoms with Gasteiger partial charge in [-0.2, -0.15) is 0 Å². The molecular weight excluding hydrogens is 312 g/mol. The number of nitrogens with zero attached hydrogens (tertiary/aromatic N) is 1. The van der Waals surface area contributed by atoms with E-state index in [9.17, 15) is 15.2 Å². The van der Waals surface area contributed by atoms with E-state index in [1.807, 2.05) is 0 Å². The number of rotatable bonds is 7. The van der Waals surface area contributed by atoms with Crippen LogP contribution < -0.4 is 5.32 Å². The minimum absolute atomic E-state index is 0.0303. The number of aliphatic hydroxyl groups is 1. The predicted molar refractivity (Wildman–Crippen MR) is 78.0 cm³/mol. The van der Waals surface area contributed by atoms with Gasteiger partial charge in [-0.3, -0.25) is 10.1 Å². The molecule has 1 aromatic rings. The van der Waals surface area contributed by atoms with E-state index in [1.165, 1.54) is 6.07 Å². The van der Waals surface area contributed by atoms with Crippen LogP contribution in [0.4, 0.5) is 5.69 Å². The molecule has 0 bridgehead atoms. The zero-order valence-electron chi connectivity index (χ0n) is 11.1. The van der Waals surface area contributed by atoms with Crippen molar-refractivity contribution < 1.29 is 10.0 Å². The second-order valence-electron chi connectivity index (χ2n) is 4.92. The van der Waals surface area contributed by atoms with E-state index >= 15 is 0 Å². The highest BCUT2D eigenvalue weighted by molar-refractivity contribution is 9.10. The summed E-state index contributed by atoms with van der Waals surface area (Å²) >= 11 is 3.23. The molecule has 0 saturated carbocycles. The van der Waals surface area contributed by atoms with Crippen LogP contribution in [0.5, 0.6) is 0 Å². The molecule has 106 valence electrons. The minimum atomic E-state index is -0.391. The second-order valence-corrected chi connectivity index (χ2v) is 5.84. The van der Waals surface area contributed by atoms with Gasteiger partial charge in [0.05, 0.1) is 11.5 Å². The monoisotopic (exact) mass is 330 g/mol. The molecule has 0 fully saturated rings. The van der Waals surface area contributed by atoms with Crippen LogP contribution in [-0.4, -0.2) is 22.7 Å². The van der Waals surface area contributed by atoms with Gasteiger partial charge >= 0.3 is 0 Å². The molecule has 1 atom stereocenters. The maximum atomic E-state index is 11.0. The van der Waals surface area contributed by atoms with Gasteiger partial charge in [0.15, 0.2) is 0 Å². The summed E-state index contributed by atoms with van der Waals surface area (Å²) in [7, 11) is 0. The lowest BCUT2D eigenvalue weighted by atomic mass is 10.0. The summed E-state index contributed by atoms with van der Waals surface area (Å²) in [5.74, 6) is 0.463. The Kier molecular flexibility index (Phi) is 6.41. The fourth-order valence-electron chi connectivity index (χ4n) is 1.90. The van der Waals surface area contributed by atoms with Gasteiger partial charge in [-0.25, -0.2) is 0 Å². The van der Waals surface area contributed by atoms with Crippen LogP contribution in [0.15, 0.2) is 22.7 Å². The molecule has 1 unspecified atom stereocenters. The van der Waals surface area contributed by atoms with Gasteiger partial charge in [-0.1, -0.05) is 29.8 Å². The van der Waals surface area contributed by atoms with Gasteiger partial charge in [-0.05, 0) is 24.5 Å². The van der Waals surface area contributed by atoms with Crippen LogP contribution >= 0.6 is 15.9 Å². The first-order valence-electron chi connectivity index (χ1n) is 6.21. The van der Waals surface area contributed by atoms with E-state index in [0.29, 0.717) is 22.5 Å². The fourth-order valence-corrected chi connectivity index (χ4v) is 2.25. The highest BCUT2D eigenvalue weighted by atomic mass is 79.9. The van der Waals surface area contributed by atoms with E-state index in [-0.39, 0.29) is 18.3 Å². The summed E-state index contributed by atoms with van der Waals surface area (Å²) in [4.78, 5) is 10.6. The van der Waals surface area contributed by atoms with Gasteiger partial charge < -0.3 is 10.4 Å². The number of aliphatic hydroxyl groups excluding tert-OH is 1. The van der Waals surface area contributed by atoms with Crippen molar-refractivity contribution in [2.45, 2.75) is 32.9 Å². The molecule has 0 amide bonds. The first kappa shape index (κ1) is 16.1. The molecule has 0 saturated heterocycles. The summed E-state index contributed by atoms with van der Waals surface area (Å²) in [5.41, 5.74) is 0.707. The minimum Gasteiger partial charge on any atom is -0.395 e. The van der Waals surface area contributed by atoms with Crippen LogP contribution in [0.25, 0.3) is 0 Å². The second kappa shape index (κ2) is 7.57. The highest BCUT2D eigenvalue weighted by Gasteiger charge is 2.16. The number of nitro groups is 1. The van der Waals surface area contributed by atoms with Gasteiger partial charge in [0, 0.05) is 28.7 Å². The Balaban J connectivity index is 2.74. The Morgan fingerprint density at radius 1 is 1.47 bits per heavy atom. The number of benzene rings is 1. The number of hydrogen-bond acceptors (Lipinski definition) is 4. The smallest absolute Gasteiger partial charge is 0.275 e. The zero-order valence-corrected chi connectivity index (χ0v) is 12.7. The standard InChI is InChI=1S/C13H19BrN2O3/c1-9(2)5-12(8-17)15-7-10-3-4-11(14)6-13(10)16(18)19/h3-4,6,9,12,15,17H,5,7-8H2,1-2H3. The Morgan fingerprint density at radius 2 is 2.16 bits per heavy atom. The van der Waals surface area contributed by atoms with Crippen LogP contribution in [0, 0.1) is 16.0 Å². The normalized spacial score (nSPS) is 12.7. The molecule has 6 heteroatoms. The fraction of sp³-hybridized carbons (Fsp3) is 0.538. The van der Waals surface area contributed by atoms with Crippen LogP contribution in [-0.2, 0) is 6.54 Å². The molecule has 0 spiro atoms. The summed E-state index contributed by atoms with van der Waals surface area (Å²) < 4.78 is 0.684. The van der Waals surface area contributed by atoms with Crippen molar-refractivity contribution in [1.82, 2.24) is 5.32 Å². The van der Waals surface area contributed by atoms with E-state index in [4.69, 9.17) is 0 Å². The molecule has 2 N–H and O–H groups in total. The van der Waals surface area contributed by atoms with Crippen molar-refractivity contribution >= 4 is 21.6 Å². The molecule has 0 radical (unpaired) electrons. The average Bonchev–Trinajstić information content (AvgIpc) is 2.34. The summed E-state index contributed by atoms with van der Waals surface area (Å²) in [6.07, 6.45) is 0.834. The average molecular weight is 331 g/mol. The van der Waals surface area contributed by atoms with E-state index < -0.39 is 4.92 Å². The summed E-state index contributed by atoms with van der Waals surface area (Å²) in [6.45, 7) is 4.56. The zero-order chi connectivity index (χ0) is 14.4. The Bertz CT molecular complexity index is 438. The van der Waals surface area contributed by atoms with E-state index in [2.05, 4.69) is 35.1 Å². The lowest BCUT2D eigenvalue weighted by Crippen LogP contribution is -2.33. The lowest BCUT2D eigenvalue weighted by Gasteiger charge is -2.18. The van der Waals surface area contributed by atoms with Crippen molar-refractivity contribution in [3.63, 3.8) is 0 Å². The third kappa shape index (κ3) is 5.26. The predicted octanol–water partition coefficient (Wildman–Crippen LogP) is 2.85. The van der Waals surface area contributed by atoms with Crippen molar-refractivity contribution in [1.29, 1.82) is 0 Å². The third-order valence-electron chi connectivity index (χ3n) is 2.80. The number of halogens is 1. The highest BCUT2D eigenvalue weighted by Crippen LogP contribution is 2.23. The van der Waals surface area contributed by atoms with Crippen molar-refractivity contribution in [2.24, 2.45) is 5.92 Å². The third-order valence-corrected chi connectivity index (χ3v) is 3.29. The van der Waals surface area contributed by atoms with Crippen molar-refractivity contribution in [3.8, 4) is 0 Å². The topological polar surface area (TPSA) is 75.4 Å². The quantitative estimate of drug-likeness (QED) is 0.595. The van der Waals surface area contributed by atoms with E-state index in [1.54, 1.807) is 12.1 Å². The first-order chi connectivity index (χ1) is 8.93. The summed E-state index contributed by atoms with van der Waals surface area (Å²) in [5, 5.41) is 23.4. The van der Waals surface area contributed by atoms with Gasteiger partial charge in [-0.15, -0.1) is 0 Å². The molecule has 1 rings (SSSR count). The Morgan fingerprint density at radius 3 is 2.68 bits per heavy atom. The largest absolute Gasteiger partial charge is 0.395 e. The maximum Gasteiger partial charge on any atom is 0.275 e. The van der Waals surface area contributed by atoms with Gasteiger partial charge in [0.1, 0.15) is 0 Å². The molecule has 5 nitrogen and oxygen atoms in total. The van der Waals surface area contributed by atoms with Crippen LogP contribution in [0.1, 0.15) is 25.8 Å². The molecule has 19 heavy (non-hydrogen) atoms. The number of nitrogens with one attached hydrogen (secondary N) is 1. The Labute approximate surface area is 121 Å². The molecule has 0 aromatic heterocycles. The SMILES string of the molecule is CC(C)CC(CO)NCc1ccc(Br)cc1[N+](=O)[O-]. The summed E-state index contributed by atoms with van der Waals surface area (Å²) in [6, 6.07) is 4.95. The number of hydrogen-bond donors (Lipinski definition) is 2. The maximum absolute atomic E-state index is 11.0. The Hall–Kier alpha value is -0.980. The van der Waals surface area contributed by atoms with E-state index in [0.717, 1.165) is 6.42 Å². The number of nitro benzene ring substituents is 1. The first-order valence-corrected chi connectivity index (χ1v) is 7.00. The molecule has 0 aliphatic heterocycles.